The molecule has 0 spiro atoms. The van der Waals surface area contributed by atoms with E-state index in [0.29, 0.717) is 31.5 Å². The average Bonchev–Trinajstić information content (AvgIpc) is 3.40. The molecule has 9 heteroatoms. The number of β-amino-alcohol motifs (C(OH)–C–C–N with tert-alkyl or cyclic N) is 1. The van der Waals surface area contributed by atoms with Gasteiger partial charge in [-0.05, 0) is 36.6 Å². The maximum Gasteiger partial charge on any atom is 0.229 e. The zero-order valence-corrected chi connectivity index (χ0v) is 22.3. The van der Waals surface area contributed by atoms with Crippen LogP contribution >= 0.6 is 0 Å². The number of piperidine rings is 1. The number of hydrogen-bond acceptors (Lipinski definition) is 8. The molecule has 2 atom stereocenters. The maximum absolute atomic E-state index is 10.4. The van der Waals surface area contributed by atoms with Crippen molar-refractivity contribution in [2.24, 2.45) is 5.92 Å². The van der Waals surface area contributed by atoms with Crippen molar-refractivity contribution in [1.82, 2.24) is 29.9 Å². The molecule has 39 heavy (non-hydrogen) atoms. The summed E-state index contributed by atoms with van der Waals surface area (Å²) in [6.07, 6.45) is 2.40. The second-order valence-corrected chi connectivity index (χ2v) is 10.5. The minimum absolute atomic E-state index is 0.151. The van der Waals surface area contributed by atoms with Gasteiger partial charge in [0, 0.05) is 42.1 Å². The first kappa shape index (κ1) is 25.2. The van der Waals surface area contributed by atoms with E-state index >= 15 is 0 Å². The number of aromatic nitrogens is 5. The molecule has 1 aliphatic heterocycles. The number of benzene rings is 2. The second-order valence-electron chi connectivity index (χ2n) is 10.5. The number of nitrogens with zero attached hydrogens (tertiary/aromatic N) is 5. The van der Waals surface area contributed by atoms with E-state index in [9.17, 15) is 5.11 Å². The van der Waals surface area contributed by atoms with Gasteiger partial charge in [0.1, 0.15) is 0 Å². The van der Waals surface area contributed by atoms with E-state index < -0.39 is 0 Å². The van der Waals surface area contributed by atoms with Crippen LogP contribution in [0.25, 0.3) is 27.8 Å². The van der Waals surface area contributed by atoms with E-state index in [-0.39, 0.29) is 17.9 Å². The zero-order valence-electron chi connectivity index (χ0n) is 22.3. The minimum Gasteiger partial charge on any atom is -0.391 e. The van der Waals surface area contributed by atoms with E-state index in [1.54, 1.807) is 4.52 Å². The molecule has 1 aliphatic rings. The standard InChI is InChI=1S/C30H34N8O/c1-19(2)24-17-34-38-28(24)36-29(32-16-22-13-14-31-18-27(22)39)37-30(38)33-15-21-8-3-5-9-23(21)26-12-11-20-7-4-6-10-25(20)35-26/h3-12,17,19,22,27,31,39H,13-16,18H2,1-2H3,(H2,32,33,36,37)/t22-,27+/m1/s1. The lowest BCUT2D eigenvalue weighted by Crippen LogP contribution is -2.43. The first-order valence-electron chi connectivity index (χ1n) is 13.6. The molecule has 3 aromatic heterocycles. The minimum atomic E-state index is -0.381. The fourth-order valence-electron chi connectivity index (χ4n) is 5.17. The average molecular weight is 523 g/mol. The van der Waals surface area contributed by atoms with Crippen molar-refractivity contribution in [3.63, 3.8) is 0 Å². The van der Waals surface area contributed by atoms with Crippen molar-refractivity contribution in [1.29, 1.82) is 0 Å². The number of fused-ring (bicyclic) bond motifs is 2. The van der Waals surface area contributed by atoms with E-state index in [4.69, 9.17) is 15.0 Å². The number of aliphatic hydroxyl groups excluding tert-OH is 1. The lowest BCUT2D eigenvalue weighted by Gasteiger charge is -2.28. The molecule has 4 heterocycles. The molecular formula is C30H34N8O. The summed E-state index contributed by atoms with van der Waals surface area (Å²) in [7, 11) is 0. The lowest BCUT2D eigenvalue weighted by molar-refractivity contribution is 0.0883. The predicted molar refractivity (Wildman–Crippen MR) is 155 cm³/mol. The summed E-state index contributed by atoms with van der Waals surface area (Å²) in [6, 6.07) is 20.6. The monoisotopic (exact) mass is 522 g/mol. The Bertz CT molecular complexity index is 1600. The lowest BCUT2D eigenvalue weighted by atomic mass is 9.95. The highest BCUT2D eigenvalue weighted by Gasteiger charge is 2.23. The molecule has 1 fully saturated rings. The summed E-state index contributed by atoms with van der Waals surface area (Å²) in [6.45, 7) is 6.95. The first-order chi connectivity index (χ1) is 19.1. The Labute approximate surface area is 227 Å². The summed E-state index contributed by atoms with van der Waals surface area (Å²) < 4.78 is 1.77. The number of rotatable bonds is 8. The molecule has 1 saturated heterocycles. The molecule has 6 rings (SSSR count). The Kier molecular flexibility index (Phi) is 7.08. The summed E-state index contributed by atoms with van der Waals surface area (Å²) in [5.41, 5.74) is 5.93. The third kappa shape index (κ3) is 5.28. The topological polar surface area (TPSA) is 112 Å². The predicted octanol–water partition coefficient (Wildman–Crippen LogP) is 4.46. The molecular weight excluding hydrogens is 488 g/mol. The van der Waals surface area contributed by atoms with Crippen LogP contribution in [0, 0.1) is 5.92 Å². The van der Waals surface area contributed by atoms with Crippen molar-refractivity contribution in [2.45, 2.75) is 38.8 Å². The number of hydrogen-bond donors (Lipinski definition) is 4. The van der Waals surface area contributed by atoms with Gasteiger partial charge in [0.25, 0.3) is 0 Å². The van der Waals surface area contributed by atoms with Gasteiger partial charge in [-0.1, -0.05) is 62.4 Å². The second kappa shape index (κ2) is 11.0. The van der Waals surface area contributed by atoms with Crippen molar-refractivity contribution in [3.05, 3.63) is 78.0 Å². The quantitative estimate of drug-likeness (QED) is 0.236. The van der Waals surface area contributed by atoms with Crippen LogP contribution in [-0.2, 0) is 6.54 Å². The highest BCUT2D eigenvalue weighted by Crippen LogP contribution is 2.26. The van der Waals surface area contributed by atoms with Crippen LogP contribution in [0.1, 0.15) is 37.3 Å². The van der Waals surface area contributed by atoms with Gasteiger partial charge in [-0.15, -0.1) is 0 Å². The van der Waals surface area contributed by atoms with Crippen LogP contribution in [0.3, 0.4) is 0 Å². The third-order valence-corrected chi connectivity index (χ3v) is 7.46. The highest BCUT2D eigenvalue weighted by atomic mass is 16.3. The first-order valence-corrected chi connectivity index (χ1v) is 13.6. The van der Waals surface area contributed by atoms with Crippen molar-refractivity contribution >= 4 is 28.4 Å². The molecule has 9 nitrogen and oxygen atoms in total. The largest absolute Gasteiger partial charge is 0.391 e. The van der Waals surface area contributed by atoms with Gasteiger partial charge < -0.3 is 21.1 Å². The molecule has 2 aromatic carbocycles. The molecule has 5 aromatic rings. The van der Waals surface area contributed by atoms with E-state index in [0.717, 1.165) is 51.9 Å². The Morgan fingerprint density at radius 2 is 1.85 bits per heavy atom. The van der Waals surface area contributed by atoms with Crippen LogP contribution in [0.4, 0.5) is 11.9 Å². The van der Waals surface area contributed by atoms with Gasteiger partial charge in [-0.3, -0.25) is 0 Å². The summed E-state index contributed by atoms with van der Waals surface area (Å²) in [5, 5.41) is 26.2. The Morgan fingerprint density at radius 3 is 2.72 bits per heavy atom. The summed E-state index contributed by atoms with van der Waals surface area (Å²) in [5.74, 6) is 1.56. The summed E-state index contributed by atoms with van der Waals surface area (Å²) >= 11 is 0. The van der Waals surface area contributed by atoms with Gasteiger partial charge in [0.2, 0.25) is 11.9 Å². The maximum atomic E-state index is 10.4. The van der Waals surface area contributed by atoms with Crippen LogP contribution in [0.2, 0.25) is 0 Å². The Balaban J connectivity index is 1.29. The third-order valence-electron chi connectivity index (χ3n) is 7.46. The summed E-state index contributed by atoms with van der Waals surface area (Å²) in [4.78, 5) is 14.5. The van der Waals surface area contributed by atoms with Crippen LogP contribution in [-0.4, -0.2) is 55.4 Å². The van der Waals surface area contributed by atoms with Crippen LogP contribution in [0.5, 0.6) is 0 Å². The van der Waals surface area contributed by atoms with Crippen molar-refractivity contribution in [2.75, 3.05) is 30.3 Å². The van der Waals surface area contributed by atoms with E-state index in [1.807, 2.05) is 36.5 Å². The van der Waals surface area contributed by atoms with Gasteiger partial charge in [-0.2, -0.15) is 19.6 Å². The molecule has 0 saturated carbocycles. The Morgan fingerprint density at radius 1 is 1.00 bits per heavy atom. The molecule has 0 unspecified atom stereocenters. The van der Waals surface area contributed by atoms with E-state index in [1.165, 1.54) is 0 Å². The van der Waals surface area contributed by atoms with E-state index in [2.05, 4.69) is 65.2 Å². The van der Waals surface area contributed by atoms with Crippen molar-refractivity contribution < 1.29 is 5.11 Å². The molecule has 0 radical (unpaired) electrons. The molecule has 0 bridgehead atoms. The molecule has 0 amide bonds. The number of aliphatic hydroxyl groups is 1. The van der Waals surface area contributed by atoms with Crippen LogP contribution in [0.15, 0.2) is 66.9 Å². The SMILES string of the molecule is CC(C)c1cnn2c(NCc3ccccc3-c3ccc4ccccc4n3)nc(NC[C@H]3CCNC[C@@H]3O)nc12. The molecule has 0 aliphatic carbocycles. The number of nitrogens with one attached hydrogen (secondary N) is 3. The van der Waals surface area contributed by atoms with Crippen LogP contribution < -0.4 is 16.0 Å². The smallest absolute Gasteiger partial charge is 0.229 e. The number of para-hydroxylation sites is 1. The number of anilines is 2. The zero-order chi connectivity index (χ0) is 26.8. The van der Waals surface area contributed by atoms with Gasteiger partial charge >= 0.3 is 0 Å². The number of pyridine rings is 1. The molecule has 4 N–H and O–H groups in total. The van der Waals surface area contributed by atoms with Gasteiger partial charge in [0.15, 0.2) is 5.65 Å². The Hall–Kier alpha value is -4.08. The van der Waals surface area contributed by atoms with Gasteiger partial charge in [0.05, 0.1) is 23.5 Å². The normalized spacial score (nSPS) is 17.6. The fourth-order valence-corrected chi connectivity index (χ4v) is 5.17. The van der Waals surface area contributed by atoms with Crippen molar-refractivity contribution in [3.8, 4) is 11.3 Å². The van der Waals surface area contributed by atoms with Gasteiger partial charge in [-0.25, -0.2) is 4.98 Å². The fraction of sp³-hybridized carbons (Fsp3) is 0.333. The highest BCUT2D eigenvalue weighted by molar-refractivity contribution is 5.82. The molecule has 200 valence electrons.